The Balaban J connectivity index is 1.76. The maximum Gasteiger partial charge on any atom is 0.267 e. The zero-order valence-corrected chi connectivity index (χ0v) is 16.3. The van der Waals surface area contributed by atoms with Crippen LogP contribution in [0.15, 0.2) is 40.8 Å². The van der Waals surface area contributed by atoms with Crippen molar-refractivity contribution in [1.29, 1.82) is 0 Å². The molecule has 0 fully saturated rings. The molecule has 0 atom stereocenters. The van der Waals surface area contributed by atoms with E-state index in [0.717, 1.165) is 12.2 Å². The Morgan fingerprint density at radius 2 is 1.96 bits per heavy atom. The molecule has 0 saturated heterocycles. The molecular formula is C20H21N3O3S. The molecule has 27 heavy (non-hydrogen) atoms. The first-order valence-corrected chi connectivity index (χ1v) is 9.53. The van der Waals surface area contributed by atoms with Crippen LogP contribution in [-0.4, -0.2) is 23.3 Å². The summed E-state index contributed by atoms with van der Waals surface area (Å²) < 4.78 is 5.58. The van der Waals surface area contributed by atoms with E-state index in [1.165, 1.54) is 11.3 Å². The highest BCUT2D eigenvalue weighted by Crippen LogP contribution is 2.29. The lowest BCUT2D eigenvalue weighted by atomic mass is 10.2. The van der Waals surface area contributed by atoms with Gasteiger partial charge in [-0.2, -0.15) is 0 Å². The minimum atomic E-state index is -0.259. The highest BCUT2D eigenvalue weighted by Gasteiger charge is 2.18. The first-order chi connectivity index (χ1) is 13.0. The number of hydrogen-bond acceptors (Lipinski definition) is 5. The first kappa shape index (κ1) is 18.8. The number of furan rings is 1. The van der Waals surface area contributed by atoms with Crippen molar-refractivity contribution in [2.45, 2.75) is 27.2 Å². The van der Waals surface area contributed by atoms with Crippen LogP contribution < -0.4 is 10.6 Å². The molecule has 0 bridgehead atoms. The largest absolute Gasteiger partial charge is 0.459 e. The van der Waals surface area contributed by atoms with Crippen LogP contribution in [0.5, 0.6) is 0 Å². The molecule has 7 heteroatoms. The molecule has 0 radical (unpaired) electrons. The molecule has 2 heterocycles. The lowest BCUT2D eigenvalue weighted by molar-refractivity contribution is 0.0952. The average Bonchev–Trinajstić information content (AvgIpc) is 3.25. The molecule has 140 valence electrons. The highest BCUT2D eigenvalue weighted by atomic mass is 32.1. The van der Waals surface area contributed by atoms with Crippen LogP contribution in [0.1, 0.15) is 44.8 Å². The van der Waals surface area contributed by atoms with Gasteiger partial charge in [0.1, 0.15) is 10.6 Å². The van der Waals surface area contributed by atoms with E-state index in [4.69, 9.17) is 4.42 Å². The monoisotopic (exact) mass is 383 g/mol. The van der Waals surface area contributed by atoms with Gasteiger partial charge in [-0.3, -0.25) is 9.59 Å². The van der Waals surface area contributed by atoms with E-state index in [2.05, 4.69) is 15.6 Å². The van der Waals surface area contributed by atoms with Crippen molar-refractivity contribution in [2.75, 3.05) is 11.9 Å². The lowest BCUT2D eigenvalue weighted by Crippen LogP contribution is -2.24. The van der Waals surface area contributed by atoms with Gasteiger partial charge in [-0.05, 0) is 50.6 Å². The van der Waals surface area contributed by atoms with Crippen LogP contribution in [0.25, 0.3) is 10.8 Å². The molecule has 3 rings (SSSR count). The second kappa shape index (κ2) is 8.18. The minimum Gasteiger partial charge on any atom is -0.459 e. The Morgan fingerprint density at radius 3 is 2.67 bits per heavy atom. The van der Waals surface area contributed by atoms with Gasteiger partial charge >= 0.3 is 0 Å². The summed E-state index contributed by atoms with van der Waals surface area (Å²) in [5.41, 5.74) is 1.71. The van der Waals surface area contributed by atoms with Crippen LogP contribution in [-0.2, 0) is 0 Å². The van der Waals surface area contributed by atoms with Gasteiger partial charge in [0, 0.05) is 17.8 Å². The van der Waals surface area contributed by atoms with Crippen molar-refractivity contribution in [3.63, 3.8) is 0 Å². The van der Waals surface area contributed by atoms with Crippen LogP contribution in [0.2, 0.25) is 0 Å². The van der Waals surface area contributed by atoms with Crippen molar-refractivity contribution in [1.82, 2.24) is 10.3 Å². The van der Waals surface area contributed by atoms with Crippen molar-refractivity contribution < 1.29 is 14.0 Å². The van der Waals surface area contributed by atoms with E-state index in [1.54, 1.807) is 31.2 Å². The number of carbonyl (C=O) groups excluding carboxylic acids is 2. The van der Waals surface area contributed by atoms with Crippen molar-refractivity contribution >= 4 is 28.8 Å². The number of nitrogens with zero attached hydrogens (tertiary/aromatic N) is 1. The summed E-state index contributed by atoms with van der Waals surface area (Å²) in [4.78, 5) is 29.7. The molecule has 0 saturated carbocycles. The topological polar surface area (TPSA) is 84.2 Å². The number of hydrogen-bond donors (Lipinski definition) is 2. The quantitative estimate of drug-likeness (QED) is 0.660. The fourth-order valence-corrected chi connectivity index (χ4v) is 3.45. The molecule has 2 amide bonds. The summed E-state index contributed by atoms with van der Waals surface area (Å²) in [6.07, 6.45) is 0.865. The van der Waals surface area contributed by atoms with Crippen molar-refractivity contribution in [3.05, 3.63) is 58.3 Å². The summed E-state index contributed by atoms with van der Waals surface area (Å²) in [5, 5.41) is 6.33. The van der Waals surface area contributed by atoms with Gasteiger partial charge in [-0.25, -0.2) is 4.98 Å². The average molecular weight is 383 g/mol. The number of rotatable bonds is 6. The van der Waals surface area contributed by atoms with Crippen molar-refractivity contribution in [2.24, 2.45) is 0 Å². The second-order valence-electron chi connectivity index (χ2n) is 6.13. The van der Waals surface area contributed by atoms with Gasteiger partial charge < -0.3 is 15.1 Å². The number of carbonyl (C=O) groups is 2. The van der Waals surface area contributed by atoms with E-state index < -0.39 is 0 Å². The molecule has 2 N–H and O–H groups in total. The van der Waals surface area contributed by atoms with Crippen LogP contribution in [0.4, 0.5) is 5.69 Å². The molecule has 3 aromatic rings. The number of aromatic nitrogens is 1. The van der Waals surface area contributed by atoms with Gasteiger partial charge in [-0.1, -0.05) is 13.0 Å². The summed E-state index contributed by atoms with van der Waals surface area (Å²) in [6, 6.07) is 10.6. The zero-order chi connectivity index (χ0) is 19.4. The molecular weight excluding hydrogens is 362 g/mol. The summed E-state index contributed by atoms with van der Waals surface area (Å²) in [5.74, 6) is 1.03. The Labute approximate surface area is 161 Å². The number of amides is 2. The normalized spacial score (nSPS) is 10.6. The van der Waals surface area contributed by atoms with Crippen LogP contribution in [0.3, 0.4) is 0 Å². The number of anilines is 1. The van der Waals surface area contributed by atoms with E-state index in [9.17, 15) is 9.59 Å². The molecule has 6 nitrogen and oxygen atoms in total. The number of thiazole rings is 1. The minimum absolute atomic E-state index is 0.155. The molecule has 0 aliphatic carbocycles. The Morgan fingerprint density at radius 1 is 1.15 bits per heavy atom. The predicted octanol–water partition coefficient (Wildman–Crippen LogP) is 4.41. The van der Waals surface area contributed by atoms with Gasteiger partial charge in [0.15, 0.2) is 10.8 Å². The lowest BCUT2D eigenvalue weighted by Gasteiger charge is -2.07. The zero-order valence-electron chi connectivity index (χ0n) is 15.5. The summed E-state index contributed by atoms with van der Waals surface area (Å²) in [6.45, 7) is 6.26. The van der Waals surface area contributed by atoms with E-state index >= 15 is 0 Å². The molecule has 0 aliphatic rings. The Hall–Kier alpha value is -2.93. The maximum atomic E-state index is 12.7. The number of benzene rings is 1. The summed E-state index contributed by atoms with van der Waals surface area (Å²) >= 11 is 1.28. The molecule has 1 aromatic carbocycles. The van der Waals surface area contributed by atoms with Crippen molar-refractivity contribution in [3.8, 4) is 10.8 Å². The Kier molecular flexibility index (Phi) is 5.71. The fourth-order valence-electron chi connectivity index (χ4n) is 2.53. The molecule has 0 unspecified atom stereocenters. The highest BCUT2D eigenvalue weighted by molar-refractivity contribution is 7.17. The van der Waals surface area contributed by atoms with Gasteiger partial charge in [-0.15, -0.1) is 11.3 Å². The van der Waals surface area contributed by atoms with Crippen LogP contribution >= 0.6 is 11.3 Å². The smallest absolute Gasteiger partial charge is 0.267 e. The maximum absolute atomic E-state index is 12.7. The predicted molar refractivity (Wildman–Crippen MR) is 106 cm³/mol. The van der Waals surface area contributed by atoms with Gasteiger partial charge in [0.25, 0.3) is 11.8 Å². The SMILES string of the molecule is CCCNC(=O)c1cccc(NC(=O)c2sc(-c3ccc(C)o3)nc2C)c1. The van der Waals surface area contributed by atoms with E-state index in [0.29, 0.717) is 39.1 Å². The first-order valence-electron chi connectivity index (χ1n) is 8.71. The van der Waals surface area contributed by atoms with E-state index in [-0.39, 0.29) is 11.8 Å². The Bertz CT molecular complexity index is 975. The van der Waals surface area contributed by atoms with E-state index in [1.807, 2.05) is 26.0 Å². The molecule has 0 aliphatic heterocycles. The number of nitrogens with one attached hydrogen (secondary N) is 2. The van der Waals surface area contributed by atoms with Crippen LogP contribution in [0, 0.1) is 13.8 Å². The third-order valence-electron chi connectivity index (χ3n) is 3.87. The third-order valence-corrected chi connectivity index (χ3v) is 5.04. The second-order valence-corrected chi connectivity index (χ2v) is 7.13. The third kappa shape index (κ3) is 4.43. The van der Waals surface area contributed by atoms with Gasteiger partial charge in [0.2, 0.25) is 0 Å². The molecule has 2 aromatic heterocycles. The fraction of sp³-hybridized carbons (Fsp3) is 0.250. The molecule has 0 spiro atoms. The van der Waals surface area contributed by atoms with Gasteiger partial charge in [0.05, 0.1) is 5.69 Å². The standard InChI is InChI=1S/C20H21N3O3S/c1-4-10-21-18(24)14-6-5-7-15(11-14)23-19(25)17-13(3)22-20(27-17)16-9-8-12(2)26-16/h5-9,11H,4,10H2,1-3H3,(H,21,24)(H,23,25). The number of aryl methyl sites for hydroxylation is 2. The summed E-state index contributed by atoms with van der Waals surface area (Å²) in [7, 11) is 0.